The zero-order valence-corrected chi connectivity index (χ0v) is 15.7. The number of amides is 1. The molecule has 0 atom stereocenters. The quantitative estimate of drug-likeness (QED) is 0.612. The fourth-order valence-corrected chi connectivity index (χ4v) is 2.94. The average Bonchev–Trinajstić information content (AvgIpc) is 2.97. The summed E-state index contributed by atoms with van der Waals surface area (Å²) in [6.45, 7) is 3.42. The van der Waals surface area contributed by atoms with Crippen LogP contribution in [0.4, 0.5) is 0 Å². The van der Waals surface area contributed by atoms with Gasteiger partial charge in [-0.3, -0.25) is 9.36 Å². The molecular formula is C21H24N2O4. The summed E-state index contributed by atoms with van der Waals surface area (Å²) in [7, 11) is 1.77. The molecule has 0 bridgehead atoms. The molecule has 1 amide bonds. The molecule has 1 heterocycles. The number of ether oxygens (including phenoxy) is 1. The second kappa shape index (κ2) is 8.58. The van der Waals surface area contributed by atoms with Crippen LogP contribution in [0.3, 0.4) is 0 Å². The molecule has 0 unspecified atom stereocenters. The van der Waals surface area contributed by atoms with E-state index in [2.05, 4.69) is 0 Å². The minimum absolute atomic E-state index is 0.0312. The van der Waals surface area contributed by atoms with Crippen LogP contribution in [0.15, 0.2) is 57.7 Å². The number of aromatic nitrogens is 1. The molecule has 3 aromatic rings. The number of hydrogen-bond donors (Lipinski definition) is 0. The van der Waals surface area contributed by atoms with Crippen LogP contribution in [0.2, 0.25) is 0 Å². The Balaban J connectivity index is 1.44. The van der Waals surface area contributed by atoms with Gasteiger partial charge in [0.1, 0.15) is 12.4 Å². The maximum absolute atomic E-state index is 12.3. The fraction of sp³-hybridized carbons (Fsp3) is 0.333. The van der Waals surface area contributed by atoms with Crippen molar-refractivity contribution in [1.29, 1.82) is 0 Å². The van der Waals surface area contributed by atoms with E-state index >= 15 is 0 Å². The van der Waals surface area contributed by atoms with Gasteiger partial charge in [-0.15, -0.1) is 0 Å². The van der Waals surface area contributed by atoms with Crippen LogP contribution in [-0.4, -0.2) is 35.6 Å². The van der Waals surface area contributed by atoms with E-state index in [0.717, 1.165) is 16.8 Å². The van der Waals surface area contributed by atoms with Gasteiger partial charge >= 0.3 is 5.76 Å². The smallest absolute Gasteiger partial charge is 0.419 e. The van der Waals surface area contributed by atoms with Crippen molar-refractivity contribution >= 4 is 17.0 Å². The zero-order chi connectivity index (χ0) is 19.2. The van der Waals surface area contributed by atoms with Crippen LogP contribution in [0.5, 0.6) is 5.75 Å². The van der Waals surface area contributed by atoms with Crippen LogP contribution in [0, 0.1) is 6.92 Å². The molecule has 0 saturated carbocycles. The van der Waals surface area contributed by atoms with Gasteiger partial charge in [0.05, 0.1) is 12.1 Å². The van der Waals surface area contributed by atoms with Crippen LogP contribution in [0.1, 0.15) is 18.4 Å². The van der Waals surface area contributed by atoms with Gasteiger partial charge < -0.3 is 14.1 Å². The minimum atomic E-state index is -0.386. The molecule has 0 radical (unpaired) electrons. The van der Waals surface area contributed by atoms with Gasteiger partial charge in [0, 0.05) is 20.0 Å². The number of benzene rings is 2. The Morgan fingerprint density at radius 1 is 1.19 bits per heavy atom. The van der Waals surface area contributed by atoms with Crippen molar-refractivity contribution in [2.24, 2.45) is 0 Å². The van der Waals surface area contributed by atoms with Gasteiger partial charge in [-0.05, 0) is 43.2 Å². The monoisotopic (exact) mass is 368 g/mol. The Labute approximate surface area is 158 Å². The highest BCUT2D eigenvalue weighted by Crippen LogP contribution is 2.13. The number of para-hydroxylation sites is 2. The van der Waals surface area contributed by atoms with E-state index in [0.29, 0.717) is 38.1 Å². The number of nitrogens with zero attached hydrogens (tertiary/aromatic N) is 2. The summed E-state index contributed by atoms with van der Waals surface area (Å²) < 4.78 is 12.5. The Bertz CT molecular complexity index is 973. The number of rotatable bonds is 8. The van der Waals surface area contributed by atoms with E-state index in [9.17, 15) is 9.59 Å². The van der Waals surface area contributed by atoms with Gasteiger partial charge in [0.2, 0.25) is 5.91 Å². The van der Waals surface area contributed by atoms with Crippen molar-refractivity contribution in [3.05, 3.63) is 64.6 Å². The van der Waals surface area contributed by atoms with E-state index < -0.39 is 0 Å². The molecule has 6 heteroatoms. The molecule has 2 aromatic carbocycles. The lowest BCUT2D eigenvalue weighted by Crippen LogP contribution is -2.31. The van der Waals surface area contributed by atoms with Gasteiger partial charge in [-0.1, -0.05) is 24.3 Å². The maximum Gasteiger partial charge on any atom is 0.419 e. The van der Waals surface area contributed by atoms with Crippen molar-refractivity contribution in [1.82, 2.24) is 9.47 Å². The predicted octanol–water partition coefficient (Wildman–Crippen LogP) is 3.22. The van der Waals surface area contributed by atoms with Crippen molar-refractivity contribution < 1.29 is 13.9 Å². The average molecular weight is 368 g/mol. The largest absolute Gasteiger partial charge is 0.492 e. The highest BCUT2D eigenvalue weighted by atomic mass is 16.5. The number of oxazole rings is 1. The Hall–Kier alpha value is -3.02. The molecule has 3 rings (SSSR count). The molecule has 6 nitrogen and oxygen atoms in total. The van der Waals surface area contributed by atoms with Crippen LogP contribution in [-0.2, 0) is 11.3 Å². The van der Waals surface area contributed by atoms with Crippen molar-refractivity contribution in [3.8, 4) is 5.75 Å². The van der Waals surface area contributed by atoms with Gasteiger partial charge in [-0.25, -0.2) is 4.79 Å². The van der Waals surface area contributed by atoms with E-state index in [1.54, 1.807) is 22.6 Å². The molecule has 0 N–H and O–H groups in total. The highest BCUT2D eigenvalue weighted by Gasteiger charge is 2.11. The third-order valence-corrected chi connectivity index (χ3v) is 4.46. The maximum atomic E-state index is 12.3. The number of aryl methyl sites for hydroxylation is 2. The summed E-state index contributed by atoms with van der Waals surface area (Å²) in [6.07, 6.45) is 0.943. The molecule has 0 aliphatic heterocycles. The SMILES string of the molecule is Cc1cccc(OCCN(C)C(=O)CCCn2c(=O)oc3ccccc32)c1. The molecule has 0 aliphatic rings. The number of carbonyl (C=O) groups is 1. The van der Waals surface area contributed by atoms with Crippen molar-refractivity contribution in [3.63, 3.8) is 0 Å². The lowest BCUT2D eigenvalue weighted by molar-refractivity contribution is -0.130. The number of carbonyl (C=O) groups excluding carboxylic acids is 1. The van der Waals surface area contributed by atoms with Crippen molar-refractivity contribution in [2.75, 3.05) is 20.2 Å². The van der Waals surface area contributed by atoms with E-state index in [-0.39, 0.29) is 11.7 Å². The Morgan fingerprint density at radius 3 is 2.81 bits per heavy atom. The minimum Gasteiger partial charge on any atom is -0.492 e. The summed E-state index contributed by atoms with van der Waals surface area (Å²) >= 11 is 0. The Kier molecular flexibility index (Phi) is 5.96. The van der Waals surface area contributed by atoms with Gasteiger partial charge in [0.15, 0.2) is 5.58 Å². The lowest BCUT2D eigenvalue weighted by atomic mass is 10.2. The molecule has 0 fully saturated rings. The first-order valence-electron chi connectivity index (χ1n) is 9.06. The van der Waals surface area contributed by atoms with Gasteiger partial charge in [-0.2, -0.15) is 0 Å². The first kappa shape index (κ1) is 18.8. The summed E-state index contributed by atoms with van der Waals surface area (Å²) in [6, 6.07) is 15.1. The molecule has 0 saturated heterocycles. The van der Waals surface area contributed by atoms with Crippen molar-refractivity contribution in [2.45, 2.75) is 26.3 Å². The van der Waals surface area contributed by atoms with Crippen LogP contribution >= 0.6 is 0 Å². The van der Waals surface area contributed by atoms with E-state index in [1.807, 2.05) is 49.4 Å². The molecular weight excluding hydrogens is 344 g/mol. The first-order valence-corrected chi connectivity index (χ1v) is 9.06. The van der Waals surface area contributed by atoms with Crippen LogP contribution < -0.4 is 10.5 Å². The van der Waals surface area contributed by atoms with Gasteiger partial charge in [0.25, 0.3) is 0 Å². The standard InChI is InChI=1S/C21H24N2O4/c1-16-7-5-8-17(15-16)26-14-13-22(2)20(24)11-6-12-23-18-9-3-4-10-19(18)27-21(23)25/h3-5,7-10,15H,6,11-14H2,1-2H3. The summed E-state index contributed by atoms with van der Waals surface area (Å²) in [5.41, 5.74) is 2.47. The Morgan fingerprint density at radius 2 is 2.00 bits per heavy atom. The van der Waals surface area contributed by atoms with Crippen LogP contribution in [0.25, 0.3) is 11.1 Å². The first-order chi connectivity index (χ1) is 13.0. The third-order valence-electron chi connectivity index (χ3n) is 4.46. The fourth-order valence-electron chi connectivity index (χ4n) is 2.94. The second-order valence-corrected chi connectivity index (χ2v) is 6.57. The number of likely N-dealkylation sites (N-methyl/N-ethyl adjacent to an activating group) is 1. The molecule has 1 aromatic heterocycles. The topological polar surface area (TPSA) is 64.7 Å². The summed E-state index contributed by atoms with van der Waals surface area (Å²) in [4.78, 5) is 25.9. The second-order valence-electron chi connectivity index (χ2n) is 6.57. The molecule has 0 spiro atoms. The highest BCUT2D eigenvalue weighted by molar-refractivity contribution is 5.76. The molecule has 142 valence electrons. The normalized spacial score (nSPS) is 10.9. The molecule has 0 aliphatic carbocycles. The van der Waals surface area contributed by atoms with E-state index in [4.69, 9.17) is 9.15 Å². The number of fused-ring (bicyclic) bond motifs is 1. The summed E-state index contributed by atoms with van der Waals surface area (Å²) in [5, 5.41) is 0. The predicted molar refractivity (Wildman–Crippen MR) is 104 cm³/mol. The number of hydrogen-bond acceptors (Lipinski definition) is 4. The van der Waals surface area contributed by atoms with E-state index in [1.165, 1.54) is 0 Å². The third kappa shape index (κ3) is 4.78. The zero-order valence-electron chi connectivity index (χ0n) is 15.7. The molecule has 27 heavy (non-hydrogen) atoms. The lowest BCUT2D eigenvalue weighted by Gasteiger charge is -2.17. The summed E-state index contributed by atoms with van der Waals surface area (Å²) in [5.74, 6) is 0.453.